The quantitative estimate of drug-likeness (QED) is 0.663. The minimum atomic E-state index is -0.0536. The van der Waals surface area contributed by atoms with E-state index in [-0.39, 0.29) is 11.8 Å². The molecule has 0 fully saturated rings. The molecule has 0 saturated carbocycles. The summed E-state index contributed by atoms with van der Waals surface area (Å²) in [4.78, 5) is 15.3. The van der Waals surface area contributed by atoms with Crippen LogP contribution in [0.15, 0.2) is 49.2 Å². The fraction of sp³-hybridized carbons (Fsp3) is 0.200. The molecule has 2 aromatic heterocycles. The number of hydrogen-bond donors (Lipinski definition) is 1. The summed E-state index contributed by atoms with van der Waals surface area (Å²) in [5.74, 6) is 0.0130. The van der Waals surface area contributed by atoms with Gasteiger partial charge in [-0.2, -0.15) is 5.10 Å². The van der Waals surface area contributed by atoms with Gasteiger partial charge >= 0.3 is 0 Å². The Morgan fingerprint density at radius 2 is 2.19 bits per heavy atom. The van der Waals surface area contributed by atoms with Crippen LogP contribution in [0.1, 0.15) is 27.6 Å². The number of aromatic nitrogens is 2. The minimum Gasteiger partial charge on any atom is -0.333 e. The van der Waals surface area contributed by atoms with Crippen molar-refractivity contribution in [2.45, 2.75) is 19.4 Å². The van der Waals surface area contributed by atoms with Crippen LogP contribution < -0.4 is 0 Å². The van der Waals surface area contributed by atoms with Crippen LogP contribution in [0.2, 0.25) is 4.34 Å². The van der Waals surface area contributed by atoms with Gasteiger partial charge in [-0.1, -0.05) is 42.4 Å². The molecule has 4 rings (SSSR count). The molecular formula is C20H18ClN3OS. The van der Waals surface area contributed by atoms with Crippen molar-refractivity contribution in [2.75, 3.05) is 6.54 Å². The number of carbonyl (C=O) groups is 1. The molecule has 0 spiro atoms. The third-order valence-corrected chi connectivity index (χ3v) is 6.13. The van der Waals surface area contributed by atoms with Crippen LogP contribution >= 0.6 is 22.9 Å². The Morgan fingerprint density at radius 1 is 1.38 bits per heavy atom. The van der Waals surface area contributed by atoms with Gasteiger partial charge in [-0.3, -0.25) is 9.89 Å². The van der Waals surface area contributed by atoms with Crippen LogP contribution in [-0.4, -0.2) is 27.5 Å². The Kier molecular flexibility index (Phi) is 4.42. The second-order valence-corrected chi connectivity index (χ2v) is 8.17. The highest BCUT2D eigenvalue weighted by atomic mass is 35.5. The van der Waals surface area contributed by atoms with E-state index in [1.54, 1.807) is 11.3 Å². The van der Waals surface area contributed by atoms with Gasteiger partial charge in [0.15, 0.2) is 0 Å². The van der Waals surface area contributed by atoms with E-state index < -0.39 is 0 Å². The van der Waals surface area contributed by atoms with Gasteiger partial charge in [0, 0.05) is 28.6 Å². The summed E-state index contributed by atoms with van der Waals surface area (Å²) in [5.41, 5.74) is 5.62. The average molecular weight is 384 g/mol. The van der Waals surface area contributed by atoms with Crippen LogP contribution in [0.5, 0.6) is 0 Å². The molecule has 1 aliphatic rings. The van der Waals surface area contributed by atoms with E-state index in [1.165, 1.54) is 17.2 Å². The summed E-state index contributed by atoms with van der Waals surface area (Å²) in [5, 5.41) is 7.18. The molecule has 6 heteroatoms. The van der Waals surface area contributed by atoms with Gasteiger partial charge in [0.1, 0.15) is 0 Å². The molecule has 1 N–H and O–H groups in total. The standard InChI is InChI=1S/C20H18ClN3OS/c1-3-20(25)24-10-17(15-8-19(21)26-18(15)11-24)14-7-5-4-6-13(14)16-9-22-23-12(16)2/h3-9,17H,1,10-11H2,2H3,(H,22,23)/t17-/m0/s1. The monoisotopic (exact) mass is 383 g/mol. The maximum atomic E-state index is 12.3. The van der Waals surface area contributed by atoms with Crippen molar-refractivity contribution in [3.8, 4) is 11.1 Å². The lowest BCUT2D eigenvalue weighted by Gasteiger charge is -2.33. The molecule has 3 heterocycles. The maximum Gasteiger partial charge on any atom is 0.246 e. The number of amides is 1. The molecule has 0 aliphatic carbocycles. The number of halogens is 1. The number of benzene rings is 1. The largest absolute Gasteiger partial charge is 0.333 e. The molecule has 3 aromatic rings. The van der Waals surface area contributed by atoms with E-state index in [9.17, 15) is 4.79 Å². The molecule has 0 bridgehead atoms. The summed E-state index contributed by atoms with van der Waals surface area (Å²) in [6.45, 7) is 6.85. The summed E-state index contributed by atoms with van der Waals surface area (Å²) < 4.78 is 0.755. The molecule has 1 aliphatic heterocycles. The first-order chi connectivity index (χ1) is 12.6. The molecule has 0 unspecified atom stereocenters. The summed E-state index contributed by atoms with van der Waals surface area (Å²) in [6.07, 6.45) is 3.23. The van der Waals surface area contributed by atoms with Crippen LogP contribution in [0.25, 0.3) is 11.1 Å². The van der Waals surface area contributed by atoms with E-state index in [0.29, 0.717) is 13.1 Å². The van der Waals surface area contributed by atoms with Gasteiger partial charge in [0.2, 0.25) is 5.91 Å². The zero-order valence-corrected chi connectivity index (χ0v) is 15.9. The minimum absolute atomic E-state index is 0.0536. The normalized spacial score (nSPS) is 16.4. The summed E-state index contributed by atoms with van der Waals surface area (Å²) in [6, 6.07) is 10.3. The van der Waals surface area contributed by atoms with E-state index in [0.717, 1.165) is 26.0 Å². The Labute approximate surface area is 161 Å². The Balaban J connectivity index is 1.86. The third-order valence-electron chi connectivity index (χ3n) is 4.87. The topological polar surface area (TPSA) is 49.0 Å². The third kappa shape index (κ3) is 2.87. The number of aromatic amines is 1. The fourth-order valence-electron chi connectivity index (χ4n) is 3.62. The van der Waals surface area contributed by atoms with Crippen molar-refractivity contribution in [3.63, 3.8) is 0 Å². The molecule has 132 valence electrons. The molecule has 0 radical (unpaired) electrons. The second-order valence-electron chi connectivity index (χ2n) is 6.40. The highest BCUT2D eigenvalue weighted by Crippen LogP contribution is 2.43. The Hall–Kier alpha value is -2.37. The van der Waals surface area contributed by atoms with E-state index in [4.69, 9.17) is 11.6 Å². The smallest absolute Gasteiger partial charge is 0.246 e. The van der Waals surface area contributed by atoms with Crippen molar-refractivity contribution >= 4 is 28.8 Å². The van der Waals surface area contributed by atoms with Gasteiger partial charge in [-0.25, -0.2) is 0 Å². The highest BCUT2D eigenvalue weighted by Gasteiger charge is 2.31. The zero-order valence-electron chi connectivity index (χ0n) is 14.3. The Morgan fingerprint density at radius 3 is 2.92 bits per heavy atom. The fourth-order valence-corrected chi connectivity index (χ4v) is 4.97. The first kappa shape index (κ1) is 17.1. The second kappa shape index (κ2) is 6.74. The first-order valence-electron chi connectivity index (χ1n) is 8.37. The van der Waals surface area contributed by atoms with Crippen molar-refractivity contribution in [3.05, 3.63) is 75.2 Å². The van der Waals surface area contributed by atoms with Gasteiger partial charge in [-0.15, -0.1) is 11.3 Å². The number of H-pyrrole nitrogens is 1. The molecular weight excluding hydrogens is 366 g/mol. The van der Waals surface area contributed by atoms with E-state index in [1.807, 2.05) is 36.2 Å². The number of fused-ring (bicyclic) bond motifs is 1. The number of carbonyl (C=O) groups excluding carboxylic acids is 1. The number of aryl methyl sites for hydroxylation is 1. The Bertz CT molecular complexity index is 991. The van der Waals surface area contributed by atoms with Crippen molar-refractivity contribution < 1.29 is 4.79 Å². The number of rotatable bonds is 3. The molecule has 1 amide bonds. The molecule has 1 aromatic carbocycles. The van der Waals surface area contributed by atoms with Crippen LogP contribution in [0.4, 0.5) is 0 Å². The van der Waals surface area contributed by atoms with Crippen molar-refractivity contribution in [2.24, 2.45) is 0 Å². The number of hydrogen-bond acceptors (Lipinski definition) is 3. The van der Waals surface area contributed by atoms with Gasteiger partial charge in [0.25, 0.3) is 0 Å². The van der Waals surface area contributed by atoms with Crippen LogP contribution in [0, 0.1) is 6.92 Å². The lowest BCUT2D eigenvalue weighted by molar-refractivity contribution is -0.127. The molecule has 0 saturated heterocycles. The average Bonchev–Trinajstić information content (AvgIpc) is 3.24. The zero-order chi connectivity index (χ0) is 18.3. The van der Waals surface area contributed by atoms with Crippen LogP contribution in [-0.2, 0) is 11.3 Å². The molecule has 1 atom stereocenters. The molecule has 26 heavy (non-hydrogen) atoms. The number of thiophene rings is 1. The van der Waals surface area contributed by atoms with Crippen molar-refractivity contribution in [1.29, 1.82) is 0 Å². The van der Waals surface area contributed by atoms with Gasteiger partial charge in [0.05, 0.1) is 17.1 Å². The number of nitrogens with one attached hydrogen (secondary N) is 1. The molecule has 4 nitrogen and oxygen atoms in total. The predicted octanol–water partition coefficient (Wildman–Crippen LogP) is 4.76. The predicted molar refractivity (Wildman–Crippen MR) is 106 cm³/mol. The van der Waals surface area contributed by atoms with Crippen molar-refractivity contribution in [1.82, 2.24) is 15.1 Å². The van der Waals surface area contributed by atoms with Crippen LogP contribution in [0.3, 0.4) is 0 Å². The lowest BCUT2D eigenvalue weighted by Crippen LogP contribution is -2.37. The van der Waals surface area contributed by atoms with E-state index in [2.05, 4.69) is 28.9 Å². The summed E-state index contributed by atoms with van der Waals surface area (Å²) in [7, 11) is 0. The van der Waals surface area contributed by atoms with Gasteiger partial charge in [-0.05, 0) is 35.8 Å². The SMILES string of the molecule is C=CC(=O)N1Cc2sc(Cl)cc2[C@H](c2ccccc2-c2cn[nH]c2C)C1. The highest BCUT2D eigenvalue weighted by molar-refractivity contribution is 7.16. The lowest BCUT2D eigenvalue weighted by atomic mass is 9.84. The first-order valence-corrected chi connectivity index (χ1v) is 9.56. The van der Waals surface area contributed by atoms with Gasteiger partial charge < -0.3 is 4.90 Å². The number of nitrogens with zero attached hydrogens (tertiary/aromatic N) is 2. The van der Waals surface area contributed by atoms with E-state index >= 15 is 0 Å². The summed E-state index contributed by atoms with van der Waals surface area (Å²) >= 11 is 7.85. The maximum absolute atomic E-state index is 12.3.